The zero-order valence-corrected chi connectivity index (χ0v) is 13.8. The van der Waals surface area contributed by atoms with Gasteiger partial charge in [0.1, 0.15) is 10.5 Å². The molecule has 15 heavy (non-hydrogen) atoms. The van der Waals surface area contributed by atoms with Gasteiger partial charge in [0.2, 0.25) is 0 Å². The quantitative estimate of drug-likeness (QED) is 0.531. The molecule has 0 rings (SSSR count). The van der Waals surface area contributed by atoms with Crippen molar-refractivity contribution in [2.45, 2.75) is 60.5 Å². The van der Waals surface area contributed by atoms with Gasteiger partial charge in [-0.15, -0.1) is 0 Å². The summed E-state index contributed by atoms with van der Waals surface area (Å²) < 4.78 is 5.73. The van der Waals surface area contributed by atoms with Crippen LogP contribution in [-0.4, -0.2) is 16.1 Å². The van der Waals surface area contributed by atoms with E-state index in [0.717, 1.165) is 16.9 Å². The second-order valence-corrected chi connectivity index (χ2v) is 6.62. The molecular weight excluding hydrogens is 200 g/mol. The zero-order chi connectivity index (χ0) is 12.3. The molecule has 0 aliphatic rings. The Morgan fingerprint density at radius 3 is 1.93 bits per heavy atom. The average molecular weight is 228 g/mol. The van der Waals surface area contributed by atoms with E-state index in [2.05, 4.69) is 54.5 Å². The predicted octanol–water partition coefficient (Wildman–Crippen LogP) is 3.08. The fraction of sp³-hybridized carbons (Fsp3) is 0.846. The molecule has 0 heterocycles. The Bertz CT molecular complexity index is 221. The van der Waals surface area contributed by atoms with Crippen molar-refractivity contribution in [2.75, 3.05) is 0 Å². The molecule has 0 unspecified atom stereocenters. The predicted molar refractivity (Wildman–Crippen MR) is 72.1 cm³/mol. The van der Waals surface area contributed by atoms with Crippen LogP contribution in [0.15, 0.2) is 11.6 Å². The monoisotopic (exact) mass is 228 g/mol. The van der Waals surface area contributed by atoms with E-state index in [1.807, 2.05) is 0 Å². The molecule has 0 saturated heterocycles. The van der Waals surface area contributed by atoms with E-state index in [9.17, 15) is 0 Å². The van der Waals surface area contributed by atoms with Gasteiger partial charge in [-0.3, -0.25) is 0 Å². The van der Waals surface area contributed by atoms with Gasteiger partial charge in [0.25, 0.3) is 0 Å². The SMILES string of the molecule is CC(C)C/C=C(/C(C)(C)C)C(C)(C)O[SiH3]. The molecule has 1 nitrogen and oxygen atoms in total. The van der Waals surface area contributed by atoms with Crippen molar-refractivity contribution in [3.05, 3.63) is 11.6 Å². The molecule has 2 heteroatoms. The van der Waals surface area contributed by atoms with E-state index in [0.29, 0.717) is 5.92 Å². The summed E-state index contributed by atoms with van der Waals surface area (Å²) in [5, 5.41) is 0. The van der Waals surface area contributed by atoms with Gasteiger partial charge in [0, 0.05) is 0 Å². The van der Waals surface area contributed by atoms with Crippen molar-refractivity contribution in [3.8, 4) is 0 Å². The lowest BCUT2D eigenvalue weighted by Crippen LogP contribution is -2.33. The lowest BCUT2D eigenvalue weighted by Gasteiger charge is -2.36. The maximum Gasteiger partial charge on any atom is 0.147 e. The largest absolute Gasteiger partial charge is 0.419 e. The molecule has 0 spiro atoms. The Morgan fingerprint density at radius 1 is 1.20 bits per heavy atom. The molecule has 0 saturated carbocycles. The van der Waals surface area contributed by atoms with Crippen LogP contribution in [0.25, 0.3) is 0 Å². The van der Waals surface area contributed by atoms with Crippen molar-refractivity contribution >= 4 is 10.5 Å². The molecule has 0 N–H and O–H groups in total. The van der Waals surface area contributed by atoms with Crippen LogP contribution in [0.5, 0.6) is 0 Å². The standard InChI is InChI=1S/C13H28OSi/c1-10(2)8-9-11(12(3,4)5)13(6,7)14-15/h9-10H,8H2,1-7,15H3/b11-9-. The first-order chi connectivity index (χ1) is 6.61. The van der Waals surface area contributed by atoms with Crippen molar-refractivity contribution < 1.29 is 4.43 Å². The Hall–Kier alpha value is -0.0831. The molecule has 0 aromatic rings. The summed E-state index contributed by atoms with van der Waals surface area (Å²) in [6.07, 6.45) is 3.52. The first-order valence-corrected chi connectivity index (χ1v) is 6.69. The van der Waals surface area contributed by atoms with Gasteiger partial charge in [0.15, 0.2) is 0 Å². The van der Waals surface area contributed by atoms with E-state index >= 15 is 0 Å². The molecule has 0 bridgehead atoms. The molecule has 0 aromatic carbocycles. The van der Waals surface area contributed by atoms with Crippen LogP contribution in [0.3, 0.4) is 0 Å². The molecule has 0 aliphatic carbocycles. The third kappa shape index (κ3) is 4.98. The minimum absolute atomic E-state index is 0.0979. The summed E-state index contributed by atoms with van der Waals surface area (Å²) in [4.78, 5) is 0. The highest BCUT2D eigenvalue weighted by atomic mass is 28.2. The lowest BCUT2D eigenvalue weighted by atomic mass is 9.77. The van der Waals surface area contributed by atoms with Gasteiger partial charge in [-0.1, -0.05) is 40.7 Å². The normalized spacial score (nSPS) is 15.1. The van der Waals surface area contributed by atoms with Gasteiger partial charge < -0.3 is 4.43 Å². The molecule has 0 aromatic heterocycles. The summed E-state index contributed by atoms with van der Waals surface area (Å²) in [6, 6.07) is 0. The van der Waals surface area contributed by atoms with Crippen LogP contribution in [0, 0.1) is 11.3 Å². The van der Waals surface area contributed by atoms with Crippen molar-refractivity contribution in [3.63, 3.8) is 0 Å². The van der Waals surface area contributed by atoms with Gasteiger partial charge in [-0.05, 0) is 37.2 Å². The average Bonchev–Trinajstić information content (AvgIpc) is 2.01. The molecule has 0 aliphatic heterocycles. The van der Waals surface area contributed by atoms with E-state index in [1.165, 1.54) is 5.57 Å². The van der Waals surface area contributed by atoms with Crippen LogP contribution in [0.2, 0.25) is 0 Å². The molecule has 0 amide bonds. The summed E-state index contributed by atoms with van der Waals surface area (Å²) in [7, 11) is 0.791. The Morgan fingerprint density at radius 2 is 1.67 bits per heavy atom. The number of hydrogen-bond donors (Lipinski definition) is 0. The molecule has 90 valence electrons. The van der Waals surface area contributed by atoms with Crippen LogP contribution in [0.1, 0.15) is 54.9 Å². The fourth-order valence-electron chi connectivity index (χ4n) is 1.92. The highest BCUT2D eigenvalue weighted by Crippen LogP contribution is 2.36. The minimum atomic E-state index is -0.0979. The van der Waals surface area contributed by atoms with E-state index < -0.39 is 0 Å². The Labute approximate surface area is 98.8 Å². The van der Waals surface area contributed by atoms with Gasteiger partial charge >= 0.3 is 0 Å². The number of rotatable bonds is 4. The smallest absolute Gasteiger partial charge is 0.147 e. The summed E-state index contributed by atoms with van der Waals surface area (Å²) >= 11 is 0. The summed E-state index contributed by atoms with van der Waals surface area (Å²) in [5.41, 5.74) is 1.53. The van der Waals surface area contributed by atoms with Gasteiger partial charge in [0.05, 0.1) is 5.60 Å². The van der Waals surface area contributed by atoms with E-state index in [4.69, 9.17) is 4.43 Å². The van der Waals surface area contributed by atoms with Crippen LogP contribution in [-0.2, 0) is 4.43 Å². The second kappa shape index (κ2) is 5.31. The topological polar surface area (TPSA) is 9.23 Å². The lowest BCUT2D eigenvalue weighted by molar-refractivity contribution is 0.138. The zero-order valence-electron chi connectivity index (χ0n) is 11.8. The fourth-order valence-corrected chi connectivity index (χ4v) is 2.14. The molecular formula is C13H28OSi. The van der Waals surface area contributed by atoms with Crippen LogP contribution in [0.4, 0.5) is 0 Å². The highest BCUT2D eigenvalue weighted by molar-refractivity contribution is 5.98. The summed E-state index contributed by atoms with van der Waals surface area (Å²) in [5.74, 6) is 0.715. The van der Waals surface area contributed by atoms with Crippen molar-refractivity contribution in [1.29, 1.82) is 0 Å². The highest BCUT2D eigenvalue weighted by Gasteiger charge is 2.30. The Kier molecular flexibility index (Phi) is 5.28. The van der Waals surface area contributed by atoms with E-state index in [-0.39, 0.29) is 11.0 Å². The maximum atomic E-state index is 5.73. The first kappa shape index (κ1) is 14.9. The maximum absolute atomic E-state index is 5.73. The second-order valence-electron chi connectivity index (χ2n) is 6.21. The van der Waals surface area contributed by atoms with Crippen LogP contribution >= 0.6 is 0 Å². The molecule has 0 atom stereocenters. The molecule has 0 fully saturated rings. The molecule has 0 radical (unpaired) electrons. The minimum Gasteiger partial charge on any atom is -0.419 e. The van der Waals surface area contributed by atoms with Gasteiger partial charge in [-0.25, -0.2) is 0 Å². The van der Waals surface area contributed by atoms with Crippen LogP contribution < -0.4 is 0 Å². The van der Waals surface area contributed by atoms with Crippen molar-refractivity contribution in [2.24, 2.45) is 11.3 Å². The number of hydrogen-bond acceptors (Lipinski definition) is 1. The van der Waals surface area contributed by atoms with Gasteiger partial charge in [-0.2, -0.15) is 0 Å². The third-order valence-electron chi connectivity index (χ3n) is 2.76. The van der Waals surface area contributed by atoms with E-state index in [1.54, 1.807) is 0 Å². The first-order valence-electron chi connectivity index (χ1n) is 5.87. The Balaban J connectivity index is 4.99. The third-order valence-corrected chi connectivity index (χ3v) is 3.78. The number of allylic oxidation sites excluding steroid dienone is 1. The summed E-state index contributed by atoms with van der Waals surface area (Å²) in [6.45, 7) is 15.7. The van der Waals surface area contributed by atoms with Crippen molar-refractivity contribution in [1.82, 2.24) is 0 Å².